The van der Waals surface area contributed by atoms with Crippen LogP contribution < -0.4 is 18.9 Å². The molecule has 0 aliphatic heterocycles. The van der Waals surface area contributed by atoms with Crippen molar-refractivity contribution in [2.75, 3.05) is 28.4 Å². The molecule has 0 fully saturated rings. The van der Waals surface area contributed by atoms with Crippen molar-refractivity contribution in [3.05, 3.63) is 47.5 Å². The van der Waals surface area contributed by atoms with Gasteiger partial charge in [0.15, 0.2) is 0 Å². The number of benzene rings is 2. The second-order valence-corrected chi connectivity index (χ2v) is 6.69. The van der Waals surface area contributed by atoms with Gasteiger partial charge in [0.2, 0.25) is 0 Å². The summed E-state index contributed by atoms with van der Waals surface area (Å²) in [5, 5.41) is 8.85. The molecule has 32 heavy (non-hydrogen) atoms. The minimum atomic E-state index is -2.60. The largest absolute Gasteiger partial charge is 0.496 e. The van der Waals surface area contributed by atoms with E-state index < -0.39 is 23.4 Å². The predicted octanol–water partition coefficient (Wildman–Crippen LogP) is 3.42. The normalized spacial score (nSPS) is 13.2. The Morgan fingerprint density at radius 1 is 1.00 bits per heavy atom. The second-order valence-electron chi connectivity index (χ2n) is 6.07. The number of carbonyl (C=O) groups is 1. The van der Waals surface area contributed by atoms with Crippen LogP contribution in [-0.2, 0) is 20.3 Å². The van der Waals surface area contributed by atoms with E-state index >= 15 is 0 Å². The van der Waals surface area contributed by atoms with Crippen LogP contribution in [0.3, 0.4) is 0 Å². The van der Waals surface area contributed by atoms with E-state index in [-0.39, 0.29) is 5.69 Å². The first-order valence-corrected chi connectivity index (χ1v) is 10.1. The average molecular weight is 465 g/mol. The van der Waals surface area contributed by atoms with E-state index in [9.17, 15) is 13.6 Å². The van der Waals surface area contributed by atoms with E-state index in [0.717, 1.165) is 0 Å². The molecule has 0 heterocycles. The van der Waals surface area contributed by atoms with E-state index in [1.165, 1.54) is 40.6 Å². The summed E-state index contributed by atoms with van der Waals surface area (Å²) in [6, 6.07) is 7.96. The summed E-state index contributed by atoms with van der Waals surface area (Å²) in [5.41, 5.74) is 1.18. The van der Waals surface area contributed by atoms with Crippen molar-refractivity contribution in [3.63, 3.8) is 0 Å². The van der Waals surface area contributed by atoms with Gasteiger partial charge in [0.1, 0.15) is 41.0 Å². The van der Waals surface area contributed by atoms with Crippen LogP contribution in [0.5, 0.6) is 23.0 Å². The number of hydrogen-bond acceptors (Lipinski definition) is 8. The molecule has 2 N–H and O–H groups in total. The highest BCUT2D eigenvalue weighted by molar-refractivity contribution is 7.74. The summed E-state index contributed by atoms with van der Waals surface area (Å²) in [5.74, 6) is 0.500. The number of aliphatic imine (C=N–C) groups is 1. The zero-order valence-electron chi connectivity index (χ0n) is 17.8. The lowest BCUT2D eigenvalue weighted by Gasteiger charge is -2.15. The number of aliphatic carboxylic acids is 1. The highest BCUT2D eigenvalue weighted by Crippen LogP contribution is 2.37. The zero-order valence-corrected chi connectivity index (χ0v) is 18.6. The first-order valence-electron chi connectivity index (χ1n) is 9.04. The smallest absolute Gasteiger partial charge is 0.346 e. The molecule has 0 aliphatic rings. The van der Waals surface area contributed by atoms with Crippen molar-refractivity contribution >= 4 is 35.3 Å². The molecule has 10 nitrogen and oxygen atoms in total. The van der Waals surface area contributed by atoms with Gasteiger partial charge in [-0.05, 0) is 29.8 Å². The molecule has 0 bridgehead atoms. The van der Waals surface area contributed by atoms with Crippen LogP contribution in [0.1, 0.15) is 17.2 Å². The van der Waals surface area contributed by atoms with E-state index in [1.54, 1.807) is 30.3 Å². The lowest BCUT2D eigenvalue weighted by molar-refractivity contribution is -0.128. The van der Waals surface area contributed by atoms with E-state index in [1.807, 2.05) is 0 Å². The maximum atomic E-state index is 11.4. The van der Waals surface area contributed by atoms with Gasteiger partial charge in [-0.15, -0.1) is 0 Å². The van der Waals surface area contributed by atoms with Crippen molar-refractivity contribution in [1.82, 2.24) is 0 Å². The van der Waals surface area contributed by atoms with Crippen LogP contribution in [0.15, 0.2) is 41.4 Å². The molecule has 0 saturated carbocycles. The van der Waals surface area contributed by atoms with E-state index in [4.69, 9.17) is 28.2 Å². The molecule has 0 aliphatic carbocycles. The fraction of sp³-hybridized carbons (Fsp3) is 0.238. The molecular formula is C21H23NO9S. The standard InChI is InChI=1S/C21H23NO9S/c1-27-14-10-19(29-3)15(20(11-14)30-4)6-8-17(31-32(25)26)13-5-7-18(28-2)16(9-13)22-12-21(23)24/h5-12,17H,1-4H3,(H,23,24)(H,25,26)/b8-6+,22-12?. The molecule has 172 valence electrons. The Morgan fingerprint density at radius 2 is 1.62 bits per heavy atom. The number of carboxylic acid groups (broad SMARTS) is 1. The van der Waals surface area contributed by atoms with Crippen molar-refractivity contribution in [2.45, 2.75) is 6.10 Å². The van der Waals surface area contributed by atoms with Gasteiger partial charge in [-0.3, -0.25) is 8.74 Å². The van der Waals surface area contributed by atoms with E-state index in [0.29, 0.717) is 40.3 Å². The van der Waals surface area contributed by atoms with Gasteiger partial charge in [0.05, 0.1) is 34.0 Å². The van der Waals surface area contributed by atoms with Crippen LogP contribution in [0.25, 0.3) is 6.08 Å². The highest BCUT2D eigenvalue weighted by atomic mass is 32.2. The molecule has 0 radical (unpaired) electrons. The Bertz CT molecular complexity index is 1010. The van der Waals surface area contributed by atoms with Crippen molar-refractivity contribution < 1.29 is 41.8 Å². The molecule has 0 aromatic heterocycles. The first-order chi connectivity index (χ1) is 15.3. The van der Waals surface area contributed by atoms with Gasteiger partial charge in [-0.1, -0.05) is 6.07 Å². The summed E-state index contributed by atoms with van der Waals surface area (Å²) >= 11 is -2.60. The quantitative estimate of drug-likeness (QED) is 0.378. The molecule has 2 rings (SSSR count). The maximum Gasteiger partial charge on any atom is 0.346 e. The SMILES string of the molecule is COc1cc(OC)c(/C=C/C(OS(=O)O)c2ccc(OC)c(N=CC(=O)O)c2)c(OC)c1. The molecule has 2 aromatic carbocycles. The lowest BCUT2D eigenvalue weighted by Crippen LogP contribution is -2.04. The van der Waals surface area contributed by atoms with Gasteiger partial charge in [0, 0.05) is 12.1 Å². The second kappa shape index (κ2) is 11.8. The maximum absolute atomic E-state index is 11.4. The topological polar surface area (TPSA) is 133 Å². The van der Waals surface area contributed by atoms with Gasteiger partial charge >= 0.3 is 17.3 Å². The Morgan fingerprint density at radius 3 is 2.12 bits per heavy atom. The van der Waals surface area contributed by atoms with Crippen molar-refractivity contribution in [2.24, 2.45) is 4.99 Å². The van der Waals surface area contributed by atoms with Crippen LogP contribution in [-0.4, -0.2) is 54.5 Å². The number of methoxy groups -OCH3 is 4. The van der Waals surface area contributed by atoms with Crippen molar-refractivity contribution in [1.29, 1.82) is 0 Å². The van der Waals surface area contributed by atoms with Gasteiger partial charge in [-0.25, -0.2) is 9.79 Å². The molecule has 2 atom stereocenters. The van der Waals surface area contributed by atoms with E-state index in [2.05, 4.69) is 4.99 Å². The summed E-state index contributed by atoms with van der Waals surface area (Å²) in [6.07, 6.45) is 2.85. The van der Waals surface area contributed by atoms with Crippen LogP contribution in [0, 0.1) is 0 Å². The lowest BCUT2D eigenvalue weighted by atomic mass is 10.1. The summed E-state index contributed by atoms with van der Waals surface area (Å²) in [7, 11) is 5.89. The molecule has 11 heteroatoms. The monoisotopic (exact) mass is 465 g/mol. The minimum Gasteiger partial charge on any atom is -0.496 e. The number of rotatable bonds is 11. The third-order valence-corrected chi connectivity index (χ3v) is 4.59. The fourth-order valence-electron chi connectivity index (χ4n) is 2.78. The third-order valence-electron chi connectivity index (χ3n) is 4.22. The van der Waals surface area contributed by atoms with Crippen LogP contribution >= 0.6 is 0 Å². The minimum absolute atomic E-state index is 0.206. The molecule has 0 saturated heterocycles. The molecule has 0 amide bonds. The average Bonchev–Trinajstić information content (AvgIpc) is 2.79. The fourth-order valence-corrected chi connectivity index (χ4v) is 3.13. The summed E-state index contributed by atoms with van der Waals surface area (Å²) < 4.78 is 47.1. The number of carboxylic acids is 1. The van der Waals surface area contributed by atoms with Gasteiger partial charge in [0.25, 0.3) is 0 Å². The molecular weight excluding hydrogens is 442 g/mol. The van der Waals surface area contributed by atoms with Crippen LogP contribution in [0.2, 0.25) is 0 Å². The molecule has 2 aromatic rings. The Kier molecular flexibility index (Phi) is 9.20. The molecule has 0 spiro atoms. The number of nitrogens with zero attached hydrogens (tertiary/aromatic N) is 1. The Labute approximate surface area is 187 Å². The zero-order chi connectivity index (χ0) is 23.7. The molecule has 2 unspecified atom stereocenters. The number of hydrogen-bond donors (Lipinski definition) is 2. The number of ether oxygens (including phenoxy) is 4. The summed E-state index contributed by atoms with van der Waals surface area (Å²) in [6.45, 7) is 0. The first kappa shape index (κ1) is 24.9. The van der Waals surface area contributed by atoms with Crippen molar-refractivity contribution in [3.8, 4) is 23.0 Å². The Hall–Kier alpha value is -3.41. The van der Waals surface area contributed by atoms with Gasteiger partial charge < -0.3 is 24.1 Å². The van der Waals surface area contributed by atoms with Gasteiger partial charge in [-0.2, -0.15) is 4.21 Å². The summed E-state index contributed by atoms with van der Waals surface area (Å²) in [4.78, 5) is 14.7. The third kappa shape index (κ3) is 6.54. The predicted molar refractivity (Wildman–Crippen MR) is 119 cm³/mol. The van der Waals surface area contributed by atoms with Crippen LogP contribution in [0.4, 0.5) is 5.69 Å². The highest BCUT2D eigenvalue weighted by Gasteiger charge is 2.17. The Balaban J connectivity index is 2.53.